The Kier molecular flexibility index (Phi) is 4.29. The summed E-state index contributed by atoms with van der Waals surface area (Å²) in [6.07, 6.45) is 0. The molecule has 0 amide bonds. The highest BCUT2D eigenvalue weighted by atomic mass is 32.2. The van der Waals surface area contributed by atoms with Gasteiger partial charge in [-0.2, -0.15) is 4.98 Å². The van der Waals surface area contributed by atoms with Gasteiger partial charge in [0.1, 0.15) is 5.75 Å². The van der Waals surface area contributed by atoms with E-state index in [9.17, 15) is 8.42 Å². The molecule has 21 heavy (non-hydrogen) atoms. The van der Waals surface area contributed by atoms with Crippen molar-refractivity contribution in [3.63, 3.8) is 0 Å². The Morgan fingerprint density at radius 1 is 1.38 bits per heavy atom. The van der Waals surface area contributed by atoms with E-state index in [0.29, 0.717) is 23.0 Å². The van der Waals surface area contributed by atoms with Crippen LogP contribution in [0.2, 0.25) is 0 Å². The minimum Gasteiger partial charge on any atom is -0.485 e. The van der Waals surface area contributed by atoms with E-state index < -0.39 is 10.0 Å². The Morgan fingerprint density at radius 2 is 2.10 bits per heavy atom. The normalized spacial score (nSPS) is 11.9. The topological polar surface area (TPSA) is 108 Å². The van der Waals surface area contributed by atoms with Crippen molar-refractivity contribution in [1.82, 2.24) is 10.1 Å². The smallest absolute Gasteiger partial charge is 0.238 e. The molecule has 0 bridgehead atoms. The van der Waals surface area contributed by atoms with Gasteiger partial charge in [-0.25, -0.2) is 13.6 Å². The summed E-state index contributed by atoms with van der Waals surface area (Å²) in [5, 5.41) is 8.88. The molecule has 1 aromatic carbocycles. The molecule has 2 rings (SSSR count). The van der Waals surface area contributed by atoms with E-state index in [4.69, 9.17) is 14.4 Å². The molecule has 0 aliphatic rings. The average Bonchev–Trinajstić information content (AvgIpc) is 2.85. The van der Waals surface area contributed by atoms with E-state index >= 15 is 0 Å². The number of aromatic nitrogens is 2. The van der Waals surface area contributed by atoms with Gasteiger partial charge < -0.3 is 9.26 Å². The molecule has 0 spiro atoms. The number of hydrogen-bond donors (Lipinski definition) is 1. The van der Waals surface area contributed by atoms with Crippen molar-refractivity contribution in [2.45, 2.75) is 38.2 Å². The number of primary sulfonamides is 1. The highest BCUT2D eigenvalue weighted by Gasteiger charge is 2.12. The van der Waals surface area contributed by atoms with Crippen molar-refractivity contribution in [3.8, 4) is 5.75 Å². The van der Waals surface area contributed by atoms with Crippen molar-refractivity contribution in [3.05, 3.63) is 35.5 Å². The van der Waals surface area contributed by atoms with Crippen LogP contribution in [0.25, 0.3) is 0 Å². The molecule has 0 radical (unpaired) electrons. The second-order valence-electron chi connectivity index (χ2n) is 4.96. The Labute approximate surface area is 123 Å². The zero-order chi connectivity index (χ0) is 15.6. The zero-order valence-corrected chi connectivity index (χ0v) is 12.8. The summed E-state index contributed by atoms with van der Waals surface area (Å²) in [5.41, 5.74) is 0.661. The maximum absolute atomic E-state index is 11.2. The van der Waals surface area contributed by atoms with E-state index in [-0.39, 0.29) is 17.4 Å². The number of rotatable bonds is 5. The van der Waals surface area contributed by atoms with Crippen LogP contribution in [-0.4, -0.2) is 18.6 Å². The van der Waals surface area contributed by atoms with Crippen LogP contribution in [0.15, 0.2) is 27.6 Å². The van der Waals surface area contributed by atoms with Crippen molar-refractivity contribution >= 4 is 10.0 Å². The van der Waals surface area contributed by atoms with Crippen LogP contribution in [0.5, 0.6) is 5.75 Å². The van der Waals surface area contributed by atoms with E-state index in [2.05, 4.69) is 10.1 Å². The number of aryl methyl sites for hydroxylation is 1. The predicted octanol–water partition coefficient (Wildman–Crippen LogP) is 1.73. The summed E-state index contributed by atoms with van der Waals surface area (Å²) in [6, 6.07) is 4.41. The lowest BCUT2D eigenvalue weighted by Crippen LogP contribution is -2.12. The van der Waals surface area contributed by atoms with Gasteiger partial charge in [-0.3, -0.25) is 0 Å². The first-order chi connectivity index (χ1) is 9.77. The van der Waals surface area contributed by atoms with Crippen molar-refractivity contribution in [1.29, 1.82) is 0 Å². The minimum absolute atomic E-state index is 0.0500. The Hall–Kier alpha value is -1.93. The lowest BCUT2D eigenvalue weighted by atomic mass is 10.2. The first kappa shape index (κ1) is 15.5. The van der Waals surface area contributed by atoms with Gasteiger partial charge in [-0.15, -0.1) is 0 Å². The van der Waals surface area contributed by atoms with Gasteiger partial charge in [0.25, 0.3) is 0 Å². The van der Waals surface area contributed by atoms with E-state index in [1.165, 1.54) is 12.1 Å². The largest absolute Gasteiger partial charge is 0.485 e. The highest BCUT2D eigenvalue weighted by Crippen LogP contribution is 2.22. The second kappa shape index (κ2) is 5.82. The zero-order valence-electron chi connectivity index (χ0n) is 12.0. The second-order valence-corrected chi connectivity index (χ2v) is 6.53. The van der Waals surface area contributed by atoms with Crippen LogP contribution >= 0.6 is 0 Å². The van der Waals surface area contributed by atoms with Gasteiger partial charge in [-0.05, 0) is 30.7 Å². The van der Waals surface area contributed by atoms with E-state index in [0.717, 1.165) is 0 Å². The Bertz CT molecular complexity index is 738. The molecule has 0 atom stereocenters. The lowest BCUT2D eigenvalue weighted by molar-refractivity contribution is 0.282. The molecule has 114 valence electrons. The van der Waals surface area contributed by atoms with Gasteiger partial charge in [-0.1, -0.05) is 19.0 Å². The number of hydrogen-bond acceptors (Lipinski definition) is 6. The molecule has 7 nitrogen and oxygen atoms in total. The quantitative estimate of drug-likeness (QED) is 0.900. The summed E-state index contributed by atoms with van der Waals surface area (Å²) in [5.74, 6) is 1.68. The van der Waals surface area contributed by atoms with Crippen LogP contribution in [0.4, 0.5) is 0 Å². The van der Waals surface area contributed by atoms with Gasteiger partial charge in [0.15, 0.2) is 6.61 Å². The van der Waals surface area contributed by atoms with Gasteiger partial charge in [0, 0.05) is 5.92 Å². The molecule has 0 aliphatic heterocycles. The van der Waals surface area contributed by atoms with E-state index in [1.807, 2.05) is 13.8 Å². The molecular formula is C13H17N3O4S. The molecule has 2 N–H and O–H groups in total. The average molecular weight is 311 g/mol. The molecular weight excluding hydrogens is 294 g/mol. The third-order valence-electron chi connectivity index (χ3n) is 2.81. The van der Waals surface area contributed by atoms with Crippen LogP contribution in [0.1, 0.15) is 37.0 Å². The molecule has 0 aliphatic carbocycles. The van der Waals surface area contributed by atoms with Crippen LogP contribution in [0.3, 0.4) is 0 Å². The highest BCUT2D eigenvalue weighted by molar-refractivity contribution is 7.89. The predicted molar refractivity (Wildman–Crippen MR) is 75.3 cm³/mol. The fourth-order valence-corrected chi connectivity index (χ4v) is 2.26. The number of ether oxygens (including phenoxy) is 1. The van der Waals surface area contributed by atoms with Gasteiger partial charge in [0.2, 0.25) is 21.7 Å². The Balaban J connectivity index is 2.09. The fourth-order valence-electron chi connectivity index (χ4n) is 1.66. The molecule has 1 aromatic heterocycles. The molecule has 0 saturated heterocycles. The molecule has 0 saturated carbocycles. The number of nitrogens with zero attached hydrogens (tertiary/aromatic N) is 2. The van der Waals surface area contributed by atoms with Gasteiger partial charge in [0.05, 0.1) is 4.90 Å². The molecule has 0 fully saturated rings. The standard InChI is InChI=1S/C13H17N3O4S/c1-8(2)13-15-12(16-20-13)7-19-11-5-4-10(6-9(11)3)21(14,17)18/h4-6,8H,7H2,1-3H3,(H2,14,17,18). The van der Waals surface area contributed by atoms with E-state index in [1.54, 1.807) is 13.0 Å². The van der Waals surface area contributed by atoms with Crippen molar-refractivity contribution < 1.29 is 17.7 Å². The van der Waals surface area contributed by atoms with Crippen LogP contribution in [0, 0.1) is 6.92 Å². The molecule has 2 aromatic rings. The van der Waals surface area contributed by atoms with Crippen LogP contribution < -0.4 is 9.88 Å². The summed E-state index contributed by atoms with van der Waals surface area (Å²) in [6.45, 7) is 5.79. The maximum Gasteiger partial charge on any atom is 0.238 e. The summed E-state index contributed by atoms with van der Waals surface area (Å²) < 4.78 is 33.1. The SMILES string of the molecule is Cc1cc(S(N)(=O)=O)ccc1OCc1noc(C(C)C)n1. The van der Waals surface area contributed by atoms with Gasteiger partial charge >= 0.3 is 0 Å². The fraction of sp³-hybridized carbons (Fsp3) is 0.385. The summed E-state index contributed by atoms with van der Waals surface area (Å²) in [7, 11) is -3.71. The minimum atomic E-state index is -3.71. The van der Waals surface area contributed by atoms with Crippen LogP contribution in [-0.2, 0) is 16.6 Å². The molecule has 1 heterocycles. The monoisotopic (exact) mass is 311 g/mol. The first-order valence-electron chi connectivity index (χ1n) is 6.36. The molecule has 8 heteroatoms. The molecule has 0 unspecified atom stereocenters. The number of sulfonamides is 1. The maximum atomic E-state index is 11.2. The Morgan fingerprint density at radius 3 is 2.62 bits per heavy atom. The third kappa shape index (κ3) is 3.79. The first-order valence-corrected chi connectivity index (χ1v) is 7.90. The lowest BCUT2D eigenvalue weighted by Gasteiger charge is -2.08. The van der Waals surface area contributed by atoms with Crippen molar-refractivity contribution in [2.24, 2.45) is 5.14 Å². The third-order valence-corrected chi connectivity index (χ3v) is 3.72. The summed E-state index contributed by atoms with van der Waals surface area (Å²) >= 11 is 0. The van der Waals surface area contributed by atoms with Crippen molar-refractivity contribution in [2.75, 3.05) is 0 Å². The number of benzene rings is 1. The summed E-state index contributed by atoms with van der Waals surface area (Å²) in [4.78, 5) is 4.24. The number of nitrogens with two attached hydrogens (primary N) is 1.